The van der Waals surface area contributed by atoms with Gasteiger partial charge in [0.1, 0.15) is 23.6 Å². The third-order valence-corrected chi connectivity index (χ3v) is 7.45. The second-order valence-corrected chi connectivity index (χ2v) is 9.97. The molecule has 3 heterocycles. The van der Waals surface area contributed by atoms with Crippen molar-refractivity contribution < 1.29 is 22.0 Å². The van der Waals surface area contributed by atoms with Crippen LogP contribution in [0.15, 0.2) is 24.7 Å². The number of carbonyl (C=O) groups is 1. The fraction of sp³-hybridized carbons (Fsp3) is 0.381. The highest BCUT2D eigenvalue weighted by Gasteiger charge is 2.30. The lowest BCUT2D eigenvalue weighted by Crippen LogP contribution is -2.33. The van der Waals surface area contributed by atoms with E-state index in [0.717, 1.165) is 25.0 Å². The number of aromatic amines is 1. The molecule has 0 unspecified atom stereocenters. The van der Waals surface area contributed by atoms with Crippen LogP contribution in [0.3, 0.4) is 0 Å². The number of H-pyrrole nitrogens is 1. The SMILES string of the molecule is O=C(c1c(F)ccc(NS(=O)(=O)N2CCCC2)c1F)c1c[nH]c2ncnc(NCC3CC3)c12. The summed E-state index contributed by atoms with van der Waals surface area (Å²) in [7, 11) is -4.02. The van der Waals surface area contributed by atoms with Gasteiger partial charge in [0, 0.05) is 25.8 Å². The number of ketones is 1. The van der Waals surface area contributed by atoms with Crippen LogP contribution in [0.4, 0.5) is 20.3 Å². The van der Waals surface area contributed by atoms with Gasteiger partial charge in [-0.15, -0.1) is 0 Å². The fourth-order valence-corrected chi connectivity index (χ4v) is 5.25. The van der Waals surface area contributed by atoms with Gasteiger partial charge < -0.3 is 10.3 Å². The monoisotopic (exact) mass is 476 g/mol. The number of nitrogens with zero attached hydrogens (tertiary/aromatic N) is 3. The first-order valence-corrected chi connectivity index (χ1v) is 12.2. The molecule has 9 nitrogen and oxygen atoms in total. The Hall–Kier alpha value is -3.12. The van der Waals surface area contributed by atoms with E-state index in [1.807, 2.05) is 0 Å². The smallest absolute Gasteiger partial charge is 0.301 e. The Labute approximate surface area is 188 Å². The highest BCUT2D eigenvalue weighted by atomic mass is 32.2. The van der Waals surface area contributed by atoms with Crippen LogP contribution < -0.4 is 10.0 Å². The molecule has 0 radical (unpaired) electrons. The summed E-state index contributed by atoms with van der Waals surface area (Å²) in [4.78, 5) is 24.4. The molecule has 1 aliphatic carbocycles. The van der Waals surface area contributed by atoms with Crippen molar-refractivity contribution in [3.05, 3.63) is 47.4 Å². The highest BCUT2D eigenvalue weighted by Crippen LogP contribution is 2.32. The van der Waals surface area contributed by atoms with E-state index in [0.29, 0.717) is 55.2 Å². The first-order valence-electron chi connectivity index (χ1n) is 10.7. The minimum atomic E-state index is -4.02. The van der Waals surface area contributed by atoms with Gasteiger partial charge in [-0.3, -0.25) is 9.52 Å². The lowest BCUT2D eigenvalue weighted by molar-refractivity contribution is 0.103. The van der Waals surface area contributed by atoms with Gasteiger partial charge in [-0.1, -0.05) is 0 Å². The summed E-state index contributed by atoms with van der Waals surface area (Å²) in [6.07, 6.45) is 6.28. The van der Waals surface area contributed by atoms with Crippen molar-refractivity contribution in [2.75, 3.05) is 29.7 Å². The topological polar surface area (TPSA) is 120 Å². The number of fused-ring (bicyclic) bond motifs is 1. The molecule has 1 saturated carbocycles. The van der Waals surface area contributed by atoms with Crippen LogP contribution in [0, 0.1) is 17.6 Å². The molecule has 1 saturated heterocycles. The van der Waals surface area contributed by atoms with Crippen molar-refractivity contribution in [3.8, 4) is 0 Å². The first kappa shape index (κ1) is 21.7. The zero-order valence-electron chi connectivity index (χ0n) is 17.6. The second kappa shape index (κ2) is 8.34. The van der Waals surface area contributed by atoms with E-state index in [1.54, 1.807) is 0 Å². The molecule has 0 amide bonds. The van der Waals surface area contributed by atoms with Crippen molar-refractivity contribution >= 4 is 38.5 Å². The minimum absolute atomic E-state index is 0.0127. The molecule has 1 aliphatic heterocycles. The quantitative estimate of drug-likeness (QED) is 0.430. The molecule has 3 aromatic rings. The molecule has 12 heteroatoms. The third-order valence-electron chi connectivity index (χ3n) is 5.93. The zero-order valence-corrected chi connectivity index (χ0v) is 18.4. The largest absolute Gasteiger partial charge is 0.369 e. The van der Waals surface area contributed by atoms with Crippen LogP contribution in [0.2, 0.25) is 0 Å². The van der Waals surface area contributed by atoms with E-state index in [4.69, 9.17) is 0 Å². The average molecular weight is 477 g/mol. The molecule has 33 heavy (non-hydrogen) atoms. The van der Waals surface area contributed by atoms with Gasteiger partial charge >= 0.3 is 10.2 Å². The molecule has 174 valence electrons. The first-order chi connectivity index (χ1) is 15.8. The molecule has 2 aromatic heterocycles. The predicted molar refractivity (Wildman–Crippen MR) is 118 cm³/mol. The molecule has 0 atom stereocenters. The summed E-state index contributed by atoms with van der Waals surface area (Å²) in [5.74, 6) is -2.39. The Bertz CT molecular complexity index is 1330. The van der Waals surface area contributed by atoms with Gasteiger partial charge in [-0.25, -0.2) is 18.7 Å². The summed E-state index contributed by atoms with van der Waals surface area (Å²) in [6.45, 7) is 1.30. The maximum absolute atomic E-state index is 15.3. The van der Waals surface area contributed by atoms with E-state index in [1.165, 1.54) is 16.8 Å². The maximum Gasteiger partial charge on any atom is 0.301 e. The minimum Gasteiger partial charge on any atom is -0.369 e. The average Bonchev–Trinajstić information content (AvgIpc) is 3.25. The van der Waals surface area contributed by atoms with E-state index in [2.05, 4.69) is 25.0 Å². The second-order valence-electron chi connectivity index (χ2n) is 8.30. The molecule has 0 spiro atoms. The number of aromatic nitrogens is 3. The van der Waals surface area contributed by atoms with Gasteiger partial charge in [0.25, 0.3) is 0 Å². The number of anilines is 2. The number of carbonyl (C=O) groups excluding carboxylic acids is 1. The van der Waals surface area contributed by atoms with Gasteiger partial charge in [0.05, 0.1) is 22.2 Å². The Morgan fingerprint density at radius 3 is 2.67 bits per heavy atom. The van der Waals surface area contributed by atoms with Crippen molar-refractivity contribution in [1.29, 1.82) is 0 Å². The van der Waals surface area contributed by atoms with Crippen LogP contribution in [0.1, 0.15) is 41.6 Å². The third kappa shape index (κ3) is 4.15. The van der Waals surface area contributed by atoms with E-state index >= 15 is 4.39 Å². The van der Waals surface area contributed by atoms with Gasteiger partial charge in [-0.2, -0.15) is 12.7 Å². The van der Waals surface area contributed by atoms with E-state index < -0.39 is 38.9 Å². The normalized spacial score (nSPS) is 16.9. The molecular weight excluding hydrogens is 454 g/mol. The zero-order chi connectivity index (χ0) is 23.2. The van der Waals surface area contributed by atoms with Crippen molar-refractivity contribution in [1.82, 2.24) is 19.3 Å². The van der Waals surface area contributed by atoms with Crippen LogP contribution in [-0.4, -0.2) is 53.1 Å². The Morgan fingerprint density at radius 1 is 1.18 bits per heavy atom. The molecule has 2 fully saturated rings. The predicted octanol–water partition coefficient (Wildman–Crippen LogP) is 3.04. The molecular formula is C21H22F2N6O3S. The molecule has 3 N–H and O–H groups in total. The van der Waals surface area contributed by atoms with Crippen LogP contribution in [0.5, 0.6) is 0 Å². The summed E-state index contributed by atoms with van der Waals surface area (Å²) < 4.78 is 58.4. The van der Waals surface area contributed by atoms with Gasteiger partial charge in [0.15, 0.2) is 5.82 Å². The number of benzene rings is 1. The lowest BCUT2D eigenvalue weighted by atomic mass is 10.0. The Morgan fingerprint density at radius 2 is 1.94 bits per heavy atom. The number of hydrogen-bond donors (Lipinski definition) is 3. The summed E-state index contributed by atoms with van der Waals surface area (Å²) in [6, 6.07) is 1.84. The molecule has 1 aromatic carbocycles. The number of hydrogen-bond acceptors (Lipinski definition) is 6. The van der Waals surface area contributed by atoms with Crippen molar-refractivity contribution in [2.45, 2.75) is 25.7 Å². The summed E-state index contributed by atoms with van der Waals surface area (Å²) >= 11 is 0. The van der Waals surface area contributed by atoms with Gasteiger partial charge in [0.2, 0.25) is 5.78 Å². The maximum atomic E-state index is 15.3. The van der Waals surface area contributed by atoms with E-state index in [-0.39, 0.29) is 5.56 Å². The standard InChI is InChI=1S/C21H22F2N6O3S/c22-14-5-6-15(28-33(31,32)29-7-1-2-8-29)18(23)17(14)19(30)13-10-25-21-16(13)20(26-11-27-21)24-9-12-3-4-12/h5-6,10-12,28H,1-4,7-9H2,(H2,24,25,26,27). The highest BCUT2D eigenvalue weighted by molar-refractivity contribution is 7.90. The van der Waals surface area contributed by atoms with Crippen LogP contribution >= 0.6 is 0 Å². The Kier molecular flexibility index (Phi) is 5.49. The lowest BCUT2D eigenvalue weighted by Gasteiger charge is -2.18. The van der Waals surface area contributed by atoms with Gasteiger partial charge in [-0.05, 0) is 43.7 Å². The number of halogens is 2. The molecule has 5 rings (SSSR count). The number of nitrogens with one attached hydrogen (secondary N) is 3. The van der Waals surface area contributed by atoms with Crippen LogP contribution in [0.25, 0.3) is 11.0 Å². The number of rotatable bonds is 8. The van der Waals surface area contributed by atoms with Crippen molar-refractivity contribution in [3.63, 3.8) is 0 Å². The fourth-order valence-electron chi connectivity index (χ4n) is 3.95. The van der Waals surface area contributed by atoms with E-state index in [9.17, 15) is 17.6 Å². The molecule has 2 aliphatic rings. The summed E-state index contributed by atoms with van der Waals surface area (Å²) in [5, 5.41) is 3.50. The van der Waals surface area contributed by atoms with Crippen LogP contribution in [-0.2, 0) is 10.2 Å². The van der Waals surface area contributed by atoms with Crippen molar-refractivity contribution in [2.24, 2.45) is 5.92 Å². The Balaban J connectivity index is 1.51. The summed E-state index contributed by atoms with van der Waals surface area (Å²) in [5.41, 5.74) is -1.01. The molecule has 0 bridgehead atoms.